The van der Waals surface area contributed by atoms with Crippen molar-refractivity contribution in [2.45, 2.75) is 63.9 Å². The van der Waals surface area contributed by atoms with Crippen LogP contribution in [0.3, 0.4) is 0 Å². The Hall–Kier alpha value is -4.13. The molecule has 6 atom stereocenters. The van der Waals surface area contributed by atoms with E-state index >= 15 is 4.39 Å². The first-order chi connectivity index (χ1) is 20.6. The second-order valence-corrected chi connectivity index (χ2v) is 12.3. The molecule has 4 rings (SSSR count). The molecular formula is C27H32FN6O9P. The lowest BCUT2D eigenvalue weighted by atomic mass is 9.98. The Morgan fingerprint density at radius 3 is 2.59 bits per heavy atom. The number of aryl methyl sites for hydroxylation is 1. The molecule has 0 spiro atoms. The molecule has 17 heteroatoms. The van der Waals surface area contributed by atoms with Gasteiger partial charge in [0.2, 0.25) is 0 Å². The maximum atomic E-state index is 15.6. The zero-order valence-electron chi connectivity index (χ0n) is 24.5. The molecule has 1 aliphatic rings. The van der Waals surface area contributed by atoms with E-state index in [-0.39, 0.29) is 11.4 Å². The Balaban J connectivity index is 1.56. The van der Waals surface area contributed by atoms with Crippen LogP contribution in [0.5, 0.6) is 5.75 Å². The third-order valence-corrected chi connectivity index (χ3v) is 8.26. The van der Waals surface area contributed by atoms with Gasteiger partial charge in [-0.25, -0.2) is 13.8 Å². The number of ether oxygens (including phenoxy) is 2. The number of nitrogens with one attached hydrogen (secondary N) is 2. The Kier molecular flexibility index (Phi) is 9.57. The van der Waals surface area contributed by atoms with Crippen molar-refractivity contribution in [2.24, 2.45) is 7.05 Å². The van der Waals surface area contributed by atoms with Crippen LogP contribution in [0.15, 0.2) is 52.3 Å². The van der Waals surface area contributed by atoms with E-state index in [0.717, 1.165) is 23.8 Å². The molecule has 1 aliphatic heterocycles. The molecule has 236 valence electrons. The second-order valence-electron chi connectivity index (χ2n) is 10.6. The van der Waals surface area contributed by atoms with Crippen molar-refractivity contribution in [1.29, 1.82) is 5.26 Å². The van der Waals surface area contributed by atoms with Gasteiger partial charge in [-0.1, -0.05) is 12.1 Å². The number of carbonyl (C=O) groups is 1. The fraction of sp³-hybridized carbons (Fsp3) is 0.444. The van der Waals surface area contributed by atoms with Crippen LogP contribution in [0.1, 0.15) is 39.6 Å². The van der Waals surface area contributed by atoms with Crippen molar-refractivity contribution < 1.29 is 37.4 Å². The minimum atomic E-state index is -4.47. The number of aromatic nitrogens is 4. The largest absolute Gasteiger partial charge is 0.462 e. The quantitative estimate of drug-likeness (QED) is 0.205. The molecule has 3 aromatic rings. The van der Waals surface area contributed by atoms with Crippen molar-refractivity contribution in [1.82, 2.24) is 24.4 Å². The van der Waals surface area contributed by atoms with E-state index < -0.39 is 67.8 Å². The van der Waals surface area contributed by atoms with E-state index in [1.165, 1.54) is 23.7 Å². The van der Waals surface area contributed by atoms with Gasteiger partial charge in [-0.3, -0.25) is 28.3 Å². The fourth-order valence-electron chi connectivity index (χ4n) is 4.46. The SMILES string of the molecule is CC(C)OC(=O)[C@H](C)NP(=O)(OC[C@H]1O[C@@H](n2ccc(=O)[nH]c2=O)[C@](C)(F)[C@@H]1O)Oc1ccc(-c2cn(C)nc2C#N)cc1. The summed E-state index contributed by atoms with van der Waals surface area (Å²) in [6.07, 6.45) is -2.78. The fourth-order valence-corrected chi connectivity index (χ4v) is 5.97. The lowest BCUT2D eigenvalue weighted by Crippen LogP contribution is -2.43. The zero-order chi connectivity index (χ0) is 32.4. The smallest absolute Gasteiger partial charge is 0.459 e. The normalized spacial score (nSPS) is 23.6. The summed E-state index contributed by atoms with van der Waals surface area (Å²) in [5.41, 5.74) is -2.84. The summed E-state index contributed by atoms with van der Waals surface area (Å²) < 4.78 is 53.8. The summed E-state index contributed by atoms with van der Waals surface area (Å²) in [5.74, 6) is -0.716. The van der Waals surface area contributed by atoms with Crippen LogP contribution in [0.2, 0.25) is 0 Å². The molecule has 2 aromatic heterocycles. The van der Waals surface area contributed by atoms with Gasteiger partial charge in [-0.2, -0.15) is 15.4 Å². The Labute approximate surface area is 250 Å². The molecule has 15 nitrogen and oxygen atoms in total. The maximum absolute atomic E-state index is 15.6. The number of carbonyl (C=O) groups excluding carboxylic acids is 1. The summed E-state index contributed by atoms with van der Waals surface area (Å²) in [4.78, 5) is 38.2. The first kappa shape index (κ1) is 32.8. The van der Waals surface area contributed by atoms with Crippen LogP contribution >= 0.6 is 7.75 Å². The van der Waals surface area contributed by atoms with E-state index in [1.54, 1.807) is 39.2 Å². The summed E-state index contributed by atoms with van der Waals surface area (Å²) in [7, 11) is -2.80. The number of rotatable bonds is 11. The van der Waals surface area contributed by atoms with E-state index in [1.807, 2.05) is 11.1 Å². The van der Waals surface area contributed by atoms with Crippen LogP contribution in [0.25, 0.3) is 11.1 Å². The van der Waals surface area contributed by atoms with E-state index in [0.29, 0.717) is 11.1 Å². The summed E-state index contributed by atoms with van der Waals surface area (Å²) in [6, 6.07) is 7.91. The first-order valence-electron chi connectivity index (χ1n) is 13.4. The Bertz CT molecular complexity index is 1710. The highest BCUT2D eigenvalue weighted by Gasteiger charge is 2.56. The predicted octanol–water partition coefficient (Wildman–Crippen LogP) is 1.93. The second kappa shape index (κ2) is 12.8. The zero-order valence-corrected chi connectivity index (χ0v) is 25.4. The highest BCUT2D eigenvalue weighted by Crippen LogP contribution is 2.47. The van der Waals surface area contributed by atoms with Crippen LogP contribution in [-0.2, 0) is 30.4 Å². The van der Waals surface area contributed by atoms with Crippen LogP contribution < -0.4 is 20.9 Å². The molecule has 1 fully saturated rings. The van der Waals surface area contributed by atoms with Crippen LogP contribution in [-0.4, -0.2) is 67.0 Å². The van der Waals surface area contributed by atoms with Crippen molar-refractivity contribution in [3.05, 3.63) is 69.3 Å². The number of esters is 1. The molecule has 1 unspecified atom stereocenters. The van der Waals surface area contributed by atoms with Crippen molar-refractivity contribution in [2.75, 3.05) is 6.61 Å². The minimum Gasteiger partial charge on any atom is -0.462 e. The van der Waals surface area contributed by atoms with Crippen molar-refractivity contribution in [3.63, 3.8) is 0 Å². The van der Waals surface area contributed by atoms with Crippen LogP contribution in [0.4, 0.5) is 4.39 Å². The van der Waals surface area contributed by atoms with Crippen LogP contribution in [0, 0.1) is 11.3 Å². The van der Waals surface area contributed by atoms with Gasteiger partial charge in [0.05, 0.1) is 12.7 Å². The number of alkyl halides is 1. The molecule has 3 N–H and O–H groups in total. The van der Waals surface area contributed by atoms with E-state index in [9.17, 15) is 29.3 Å². The molecular weight excluding hydrogens is 602 g/mol. The minimum absolute atomic E-state index is 0.0392. The maximum Gasteiger partial charge on any atom is 0.459 e. The highest BCUT2D eigenvalue weighted by molar-refractivity contribution is 7.52. The first-order valence-corrected chi connectivity index (χ1v) is 15.0. The van der Waals surface area contributed by atoms with Crippen molar-refractivity contribution in [3.8, 4) is 22.9 Å². The topological polar surface area (TPSA) is 200 Å². The van der Waals surface area contributed by atoms with Gasteiger partial charge in [0.15, 0.2) is 17.6 Å². The molecule has 0 aliphatic carbocycles. The number of hydrogen-bond acceptors (Lipinski definition) is 11. The number of halogens is 1. The van der Waals surface area contributed by atoms with Gasteiger partial charge in [-0.15, -0.1) is 0 Å². The number of H-pyrrole nitrogens is 1. The molecule has 0 bridgehead atoms. The van der Waals surface area contributed by atoms with Gasteiger partial charge in [0.1, 0.15) is 30.1 Å². The molecule has 0 amide bonds. The van der Waals surface area contributed by atoms with E-state index in [2.05, 4.69) is 10.2 Å². The molecule has 1 aromatic carbocycles. The number of aromatic amines is 1. The number of aliphatic hydroxyl groups is 1. The van der Waals surface area contributed by atoms with Gasteiger partial charge >= 0.3 is 19.4 Å². The lowest BCUT2D eigenvalue weighted by molar-refractivity contribution is -0.149. The number of hydrogen-bond donors (Lipinski definition) is 3. The number of benzene rings is 1. The number of nitrogens with zero attached hydrogens (tertiary/aromatic N) is 4. The Morgan fingerprint density at radius 1 is 1.30 bits per heavy atom. The number of nitriles is 1. The van der Waals surface area contributed by atoms with E-state index in [4.69, 9.17) is 18.5 Å². The summed E-state index contributed by atoms with van der Waals surface area (Å²) in [6.45, 7) is 4.94. The third-order valence-electron chi connectivity index (χ3n) is 6.61. The van der Waals surface area contributed by atoms with Crippen molar-refractivity contribution >= 4 is 13.7 Å². The van der Waals surface area contributed by atoms with Gasteiger partial charge in [0.25, 0.3) is 5.56 Å². The molecule has 3 heterocycles. The third kappa shape index (κ3) is 7.15. The number of aliphatic hydroxyl groups excluding tert-OH is 1. The van der Waals surface area contributed by atoms with Gasteiger partial charge < -0.3 is 19.1 Å². The monoisotopic (exact) mass is 634 g/mol. The molecule has 44 heavy (non-hydrogen) atoms. The average molecular weight is 635 g/mol. The predicted molar refractivity (Wildman–Crippen MR) is 152 cm³/mol. The molecule has 0 radical (unpaired) electrons. The Morgan fingerprint density at radius 2 is 1.98 bits per heavy atom. The highest BCUT2D eigenvalue weighted by atomic mass is 31.2. The molecule has 1 saturated heterocycles. The van der Waals surface area contributed by atoms with Gasteiger partial charge in [0, 0.05) is 31.1 Å². The molecule has 0 saturated carbocycles. The standard InChI is InChI=1S/C27H32FN6O9P/c1-15(2)41-24(37)16(3)32-44(39,43-18-8-6-17(7-9-18)19-13-33(5)31-20(19)12-29)40-14-21-23(36)27(4,28)25(42-21)34-11-10-22(35)30-26(34)38/h6-11,13,15-16,21,23,25,36H,14H2,1-5H3,(H,32,39)(H,30,35,38)/t16-,21+,23+,25+,27+,44?/m0/s1. The van der Waals surface area contributed by atoms with Gasteiger partial charge in [-0.05, 0) is 45.4 Å². The average Bonchev–Trinajstić information content (AvgIpc) is 3.43. The lowest BCUT2D eigenvalue weighted by Gasteiger charge is -2.25. The summed E-state index contributed by atoms with van der Waals surface area (Å²) in [5, 5.41) is 26.6. The summed E-state index contributed by atoms with van der Waals surface area (Å²) >= 11 is 0.